The quantitative estimate of drug-likeness (QED) is 0.0655. The van der Waals surface area contributed by atoms with Crippen molar-refractivity contribution in [2.75, 3.05) is 0 Å². The van der Waals surface area contributed by atoms with E-state index in [1.807, 2.05) is 213 Å². The molecule has 16 heteroatoms. The Bertz CT molecular complexity index is 5920. The fourth-order valence-electron chi connectivity index (χ4n) is 16.1. The van der Waals surface area contributed by atoms with Crippen molar-refractivity contribution in [2.24, 2.45) is 0 Å². The molecule has 0 spiro atoms. The van der Waals surface area contributed by atoms with Crippen LogP contribution >= 0.6 is 0 Å². The first-order valence-corrected chi connectivity index (χ1v) is 50.2. The fourth-order valence-corrected chi connectivity index (χ4v) is 16.1. The molecule has 0 fully saturated rings. The Labute approximate surface area is 866 Å². The number of hydrogen-bond acceptors (Lipinski definition) is 16. The summed E-state index contributed by atoms with van der Waals surface area (Å²) in [4.78, 5) is 70.7. The maximum absolute atomic E-state index is 4.82. The highest BCUT2D eigenvalue weighted by atomic mass is 14.8. The highest BCUT2D eigenvalue weighted by molar-refractivity contribution is 5.78. The second kappa shape index (κ2) is 52.5. The highest BCUT2D eigenvalue weighted by Crippen LogP contribution is 2.38. The van der Waals surface area contributed by atoms with Crippen LogP contribution in [0.25, 0.3) is 158 Å². The minimum Gasteiger partial charge on any atom is -0.265 e. The van der Waals surface area contributed by atoms with E-state index in [9.17, 15) is 0 Å². The van der Waals surface area contributed by atoms with E-state index in [0.717, 1.165) is 113 Å². The van der Waals surface area contributed by atoms with Gasteiger partial charge < -0.3 is 0 Å². The Kier molecular flexibility index (Phi) is 37.1. The minimum absolute atomic E-state index is 0.429. The number of rotatable bonds is 21. The molecule has 0 radical (unpaired) electrons. The second-order valence-corrected chi connectivity index (χ2v) is 37.7. The van der Waals surface area contributed by atoms with Gasteiger partial charge in [-0.2, -0.15) is 0 Å². The predicted molar refractivity (Wildman–Crippen MR) is 605 cm³/mol. The van der Waals surface area contributed by atoms with Gasteiger partial charge in [0, 0.05) is 133 Å². The Balaban J connectivity index is 0.000000129. The standard InChI is InChI=1S/C20H19N.3C19H18N2.3C18H17N3/c1-15(2)18-12-19(16-6-4-3-5-7-16)14-20(13-18)17-8-10-21-11-9-17;1-14(2)17-11-18(15-3-7-20-8-4-15)13-19(12-17)16-5-9-21-10-6-16;1-14(2)16-12-18(15-8-4-3-5-9-15)21-19(13-16)17-10-6-7-11-20-17;1-14(2)17-11-18(15-7-4-3-5-8-15)21-19(12-17)16-9-6-10-20-13-16;1-13(2)14-11-17(15-7-3-5-9-19-15)21-18(12-14)16-8-4-6-10-20-16;1-13(2)15-10-17(14-6-5-8-19-12-14)21-18(11-15)16-7-3-4-9-20-16;1-13(2)15-11-17(14-6-9-19-10-7-14)21-18(12-15)16-5-3-4-8-20-16/h3-15H,1-2H3;3*3-14H,1-2H3;3*3-13H,1-2H3. The molecule has 147 heavy (non-hydrogen) atoms. The summed E-state index contributed by atoms with van der Waals surface area (Å²) in [5.41, 5.74) is 38.2. The average Bonchev–Trinajstić information content (AvgIpc) is 0.841. The van der Waals surface area contributed by atoms with E-state index in [4.69, 9.17) is 24.9 Å². The molecule has 21 rings (SSSR count). The van der Waals surface area contributed by atoms with Gasteiger partial charge in [0.15, 0.2) is 0 Å². The van der Waals surface area contributed by atoms with Gasteiger partial charge in [0.2, 0.25) is 0 Å². The molecule has 0 aliphatic heterocycles. The monoisotopic (exact) mass is 1920 g/mol. The largest absolute Gasteiger partial charge is 0.265 e. The third-order valence-corrected chi connectivity index (χ3v) is 24.6. The number of benzene rings is 5. The van der Waals surface area contributed by atoms with Crippen LogP contribution in [-0.2, 0) is 0 Å². The summed E-state index contributed by atoms with van der Waals surface area (Å²) >= 11 is 0. The first-order chi connectivity index (χ1) is 71.7. The van der Waals surface area contributed by atoms with Gasteiger partial charge in [-0.1, -0.05) is 243 Å². The number of pyridine rings is 16. The zero-order valence-electron chi connectivity index (χ0n) is 86.0. The third kappa shape index (κ3) is 29.8. The van der Waals surface area contributed by atoms with Crippen molar-refractivity contribution >= 4 is 0 Å². The summed E-state index contributed by atoms with van der Waals surface area (Å²) in [5, 5.41) is 0. The van der Waals surface area contributed by atoms with Gasteiger partial charge in [-0.25, -0.2) is 24.9 Å². The molecule has 0 amide bonds. The first-order valence-electron chi connectivity index (χ1n) is 50.2. The van der Waals surface area contributed by atoms with Crippen molar-refractivity contribution in [3.63, 3.8) is 0 Å². The molecule has 0 saturated heterocycles. The molecule has 16 nitrogen and oxygen atoms in total. The van der Waals surface area contributed by atoms with E-state index in [0.29, 0.717) is 41.4 Å². The van der Waals surface area contributed by atoms with Gasteiger partial charge in [-0.3, -0.25) is 54.8 Å². The van der Waals surface area contributed by atoms with E-state index < -0.39 is 0 Å². The average molecular weight is 1920 g/mol. The maximum Gasteiger partial charge on any atom is 0.0897 e. The van der Waals surface area contributed by atoms with Crippen molar-refractivity contribution in [1.82, 2.24) is 79.7 Å². The Hall–Kier alpha value is -17.5. The van der Waals surface area contributed by atoms with Crippen molar-refractivity contribution in [1.29, 1.82) is 0 Å². The molecule has 0 bridgehead atoms. The summed E-state index contributed by atoms with van der Waals surface area (Å²) in [6, 6.07) is 120. The van der Waals surface area contributed by atoms with Crippen LogP contribution in [0.5, 0.6) is 0 Å². The van der Waals surface area contributed by atoms with Gasteiger partial charge in [0.25, 0.3) is 0 Å². The van der Waals surface area contributed by atoms with Crippen LogP contribution in [0.3, 0.4) is 0 Å². The molecule has 0 saturated carbocycles. The van der Waals surface area contributed by atoms with Crippen LogP contribution in [-0.4, -0.2) is 79.7 Å². The highest BCUT2D eigenvalue weighted by Gasteiger charge is 2.19. The van der Waals surface area contributed by atoms with Crippen LogP contribution in [0.2, 0.25) is 0 Å². The predicted octanol–water partition coefficient (Wildman–Crippen LogP) is 33.3. The Morgan fingerprint density at radius 1 is 0.122 bits per heavy atom. The van der Waals surface area contributed by atoms with Crippen LogP contribution in [0.15, 0.2) is 457 Å². The van der Waals surface area contributed by atoms with Gasteiger partial charge in [0.1, 0.15) is 0 Å². The van der Waals surface area contributed by atoms with Gasteiger partial charge in [-0.05, 0) is 331 Å². The van der Waals surface area contributed by atoms with Crippen molar-refractivity contribution in [3.05, 3.63) is 496 Å². The summed E-state index contributed by atoms with van der Waals surface area (Å²) in [6.45, 7) is 30.8. The number of nitrogens with zero attached hydrogens (tertiary/aromatic N) is 16. The van der Waals surface area contributed by atoms with Crippen LogP contribution in [0.4, 0.5) is 0 Å². The van der Waals surface area contributed by atoms with E-state index in [2.05, 4.69) is 340 Å². The molecule has 16 aromatic heterocycles. The van der Waals surface area contributed by atoms with Crippen LogP contribution < -0.4 is 0 Å². The zero-order valence-corrected chi connectivity index (χ0v) is 86.0. The maximum atomic E-state index is 4.82. The fraction of sp³-hybridized carbons (Fsp3) is 0.160. The Morgan fingerprint density at radius 3 is 0.531 bits per heavy atom. The summed E-state index contributed by atoms with van der Waals surface area (Å²) in [5.74, 6) is 3.23. The third-order valence-electron chi connectivity index (χ3n) is 24.6. The first kappa shape index (κ1) is 104. The number of hydrogen-bond donors (Lipinski definition) is 0. The molecule has 0 aliphatic carbocycles. The van der Waals surface area contributed by atoms with E-state index in [1.54, 1.807) is 55.8 Å². The summed E-state index contributed by atoms with van der Waals surface area (Å²) in [7, 11) is 0. The molecule has 0 aliphatic rings. The molecule has 728 valence electrons. The van der Waals surface area contributed by atoms with Crippen molar-refractivity contribution < 1.29 is 0 Å². The summed E-state index contributed by atoms with van der Waals surface area (Å²) in [6.07, 6.45) is 30.9. The summed E-state index contributed by atoms with van der Waals surface area (Å²) < 4.78 is 0. The SMILES string of the molecule is CC(C)c1cc(-c2ccccc2)cc(-c2ccncc2)c1.CC(C)c1cc(-c2ccccc2)nc(-c2ccccn2)c1.CC(C)c1cc(-c2ccccc2)nc(-c2cccnc2)c1.CC(C)c1cc(-c2ccccn2)nc(-c2ccccn2)c1.CC(C)c1cc(-c2cccnc2)nc(-c2ccccn2)c1.CC(C)c1cc(-c2ccncc2)cc(-c2ccncc2)c1.CC(C)c1cc(-c2ccncc2)nc(-c2ccccn2)c1. The van der Waals surface area contributed by atoms with E-state index in [-0.39, 0.29) is 0 Å². The van der Waals surface area contributed by atoms with Crippen LogP contribution in [0.1, 0.15) is 177 Å². The lowest BCUT2D eigenvalue weighted by Gasteiger charge is -2.13. The lowest BCUT2D eigenvalue weighted by Crippen LogP contribution is -1.96. The lowest BCUT2D eigenvalue weighted by molar-refractivity contribution is 0.864. The zero-order chi connectivity index (χ0) is 103. The van der Waals surface area contributed by atoms with E-state index in [1.165, 1.54) is 83.5 Å². The topological polar surface area (TPSA) is 206 Å². The molecule has 5 aromatic carbocycles. The molecular weight excluding hydrogens is 1800 g/mol. The Morgan fingerprint density at radius 2 is 0.306 bits per heavy atom. The molecular formula is C131H124N16. The van der Waals surface area contributed by atoms with Crippen molar-refractivity contribution in [2.45, 2.75) is 138 Å². The second-order valence-electron chi connectivity index (χ2n) is 37.7. The molecule has 0 N–H and O–H groups in total. The van der Waals surface area contributed by atoms with Gasteiger partial charge in [-0.15, -0.1) is 0 Å². The van der Waals surface area contributed by atoms with Gasteiger partial charge in [0.05, 0.1) is 85.4 Å². The molecule has 16 heterocycles. The minimum atomic E-state index is 0.429. The normalized spacial score (nSPS) is 10.8. The smallest absolute Gasteiger partial charge is 0.0897 e. The lowest BCUT2D eigenvalue weighted by atomic mass is 9.92. The number of aromatic nitrogens is 16. The van der Waals surface area contributed by atoms with Crippen LogP contribution in [0, 0.1) is 0 Å². The van der Waals surface area contributed by atoms with Crippen molar-refractivity contribution in [3.8, 4) is 158 Å². The molecule has 21 aromatic rings. The van der Waals surface area contributed by atoms with Gasteiger partial charge >= 0.3 is 0 Å². The molecule has 0 unspecified atom stereocenters. The molecule has 0 atom stereocenters. The van der Waals surface area contributed by atoms with E-state index >= 15 is 0 Å².